The van der Waals surface area contributed by atoms with Crippen LogP contribution in [0.4, 0.5) is 5.82 Å². The minimum atomic E-state index is -0.973. The highest BCUT2D eigenvalue weighted by molar-refractivity contribution is 5.92. The first-order valence-corrected chi connectivity index (χ1v) is 7.82. The van der Waals surface area contributed by atoms with E-state index in [9.17, 15) is 9.59 Å². The van der Waals surface area contributed by atoms with Crippen LogP contribution in [0.3, 0.4) is 0 Å². The quantitative estimate of drug-likeness (QED) is 0.868. The lowest BCUT2D eigenvalue weighted by atomic mass is 10.1. The van der Waals surface area contributed by atoms with Gasteiger partial charge in [-0.05, 0) is 42.7 Å². The van der Waals surface area contributed by atoms with Crippen LogP contribution in [0.2, 0.25) is 0 Å². The van der Waals surface area contributed by atoms with Crippen LogP contribution in [-0.2, 0) is 6.54 Å². The molecule has 1 aromatic carbocycles. The van der Waals surface area contributed by atoms with Gasteiger partial charge in [0.1, 0.15) is 0 Å². The van der Waals surface area contributed by atoms with E-state index < -0.39 is 5.97 Å². The molecule has 0 spiro atoms. The molecule has 0 unspecified atom stereocenters. The van der Waals surface area contributed by atoms with Crippen molar-refractivity contribution >= 4 is 17.7 Å². The summed E-state index contributed by atoms with van der Waals surface area (Å²) in [6, 6.07) is 9.85. The number of hydrogen-bond acceptors (Lipinski definition) is 5. The number of carboxylic acids is 1. The summed E-state index contributed by atoms with van der Waals surface area (Å²) < 4.78 is 0. The van der Waals surface area contributed by atoms with Crippen molar-refractivity contribution in [3.8, 4) is 0 Å². The number of nitrogens with one attached hydrogen (secondary N) is 1. The highest BCUT2D eigenvalue weighted by atomic mass is 16.4. The Morgan fingerprint density at radius 2 is 1.75 bits per heavy atom. The molecule has 1 amide bonds. The van der Waals surface area contributed by atoms with Crippen molar-refractivity contribution < 1.29 is 14.7 Å². The van der Waals surface area contributed by atoms with E-state index in [0.29, 0.717) is 6.54 Å². The largest absolute Gasteiger partial charge is 0.478 e. The van der Waals surface area contributed by atoms with E-state index >= 15 is 0 Å². The number of benzene rings is 1. The molecule has 0 aliphatic carbocycles. The van der Waals surface area contributed by atoms with Gasteiger partial charge in [-0.25, -0.2) is 4.79 Å². The van der Waals surface area contributed by atoms with Gasteiger partial charge in [-0.15, -0.1) is 10.2 Å². The number of aromatic nitrogens is 2. The Balaban J connectivity index is 1.57. The molecule has 0 saturated carbocycles. The fraction of sp³-hybridized carbons (Fsp3) is 0.294. The van der Waals surface area contributed by atoms with E-state index in [2.05, 4.69) is 20.4 Å². The molecule has 1 aliphatic heterocycles. The van der Waals surface area contributed by atoms with Crippen LogP contribution in [-0.4, -0.2) is 40.3 Å². The van der Waals surface area contributed by atoms with E-state index in [1.807, 2.05) is 6.07 Å². The minimum absolute atomic E-state index is 0.216. The minimum Gasteiger partial charge on any atom is -0.478 e. The van der Waals surface area contributed by atoms with E-state index in [4.69, 9.17) is 5.11 Å². The van der Waals surface area contributed by atoms with E-state index in [1.54, 1.807) is 18.2 Å². The second-order valence-electron chi connectivity index (χ2n) is 5.66. The van der Waals surface area contributed by atoms with Crippen molar-refractivity contribution in [2.75, 3.05) is 18.0 Å². The molecule has 0 radical (unpaired) electrons. The molecule has 1 aromatic heterocycles. The molecule has 124 valence electrons. The molecular formula is C17H18N4O3. The summed E-state index contributed by atoms with van der Waals surface area (Å²) in [5.41, 5.74) is 1.29. The monoisotopic (exact) mass is 326 g/mol. The number of aromatic carboxylic acids is 1. The molecule has 2 heterocycles. The Bertz CT molecular complexity index is 723. The fourth-order valence-electron chi connectivity index (χ4n) is 2.60. The van der Waals surface area contributed by atoms with Crippen LogP contribution in [0, 0.1) is 0 Å². The second-order valence-corrected chi connectivity index (χ2v) is 5.66. The van der Waals surface area contributed by atoms with Crippen molar-refractivity contribution in [3.63, 3.8) is 0 Å². The molecular weight excluding hydrogens is 308 g/mol. The van der Waals surface area contributed by atoms with Crippen molar-refractivity contribution in [1.29, 1.82) is 0 Å². The Morgan fingerprint density at radius 1 is 1.04 bits per heavy atom. The molecule has 24 heavy (non-hydrogen) atoms. The Kier molecular flexibility index (Phi) is 4.69. The highest BCUT2D eigenvalue weighted by Crippen LogP contribution is 2.16. The van der Waals surface area contributed by atoms with E-state index in [1.165, 1.54) is 12.1 Å². The Morgan fingerprint density at radius 3 is 2.33 bits per heavy atom. The zero-order chi connectivity index (χ0) is 16.9. The molecule has 1 fully saturated rings. The van der Waals surface area contributed by atoms with Crippen LogP contribution in [0.15, 0.2) is 36.4 Å². The van der Waals surface area contributed by atoms with Crippen LogP contribution < -0.4 is 10.2 Å². The summed E-state index contributed by atoms with van der Waals surface area (Å²) >= 11 is 0. The SMILES string of the molecule is O=C(O)c1ccc(CNC(=O)c2ccc(N3CCCC3)nn2)cc1. The van der Waals surface area contributed by atoms with Gasteiger partial charge < -0.3 is 15.3 Å². The third-order valence-corrected chi connectivity index (χ3v) is 3.97. The van der Waals surface area contributed by atoms with Gasteiger partial charge in [0, 0.05) is 19.6 Å². The molecule has 1 saturated heterocycles. The molecule has 7 heteroatoms. The molecule has 7 nitrogen and oxygen atoms in total. The van der Waals surface area contributed by atoms with Crippen molar-refractivity contribution in [2.45, 2.75) is 19.4 Å². The first kappa shape index (κ1) is 15.9. The van der Waals surface area contributed by atoms with Crippen molar-refractivity contribution in [2.24, 2.45) is 0 Å². The number of hydrogen-bond donors (Lipinski definition) is 2. The molecule has 2 aromatic rings. The number of amides is 1. The Hall–Kier alpha value is -2.96. The van der Waals surface area contributed by atoms with Crippen LogP contribution >= 0.6 is 0 Å². The standard InChI is InChI=1S/C17H18N4O3/c22-16(18-11-12-3-5-13(6-4-12)17(23)24)14-7-8-15(20-19-14)21-9-1-2-10-21/h3-8H,1-2,9-11H2,(H,18,22)(H,23,24). The number of carbonyl (C=O) groups excluding carboxylic acids is 1. The van der Waals surface area contributed by atoms with Crippen LogP contribution in [0.5, 0.6) is 0 Å². The van der Waals surface area contributed by atoms with Gasteiger partial charge in [-0.2, -0.15) is 0 Å². The number of carboxylic acid groups (broad SMARTS) is 1. The van der Waals surface area contributed by atoms with Crippen LogP contribution in [0.1, 0.15) is 39.3 Å². The van der Waals surface area contributed by atoms with E-state index in [0.717, 1.165) is 37.3 Å². The maximum Gasteiger partial charge on any atom is 0.335 e. The summed E-state index contributed by atoms with van der Waals surface area (Å²) in [6.45, 7) is 2.26. The second kappa shape index (κ2) is 7.08. The zero-order valence-corrected chi connectivity index (χ0v) is 13.1. The van der Waals surface area contributed by atoms with Crippen molar-refractivity contribution in [3.05, 3.63) is 53.2 Å². The summed E-state index contributed by atoms with van der Waals surface area (Å²) in [7, 11) is 0. The lowest BCUT2D eigenvalue weighted by Gasteiger charge is -2.15. The number of nitrogens with zero attached hydrogens (tertiary/aromatic N) is 3. The molecule has 1 aliphatic rings. The predicted molar refractivity (Wildman–Crippen MR) is 88.1 cm³/mol. The molecule has 3 rings (SSSR count). The van der Waals surface area contributed by atoms with E-state index in [-0.39, 0.29) is 17.2 Å². The molecule has 0 atom stereocenters. The number of carbonyl (C=O) groups is 2. The first-order valence-electron chi connectivity index (χ1n) is 7.82. The summed E-state index contributed by atoms with van der Waals surface area (Å²) in [6.07, 6.45) is 2.31. The Labute approximate surface area is 139 Å². The van der Waals surface area contributed by atoms with Gasteiger partial charge in [-0.1, -0.05) is 12.1 Å². The lowest BCUT2D eigenvalue weighted by molar-refractivity contribution is 0.0696. The molecule has 0 bridgehead atoms. The first-order chi connectivity index (χ1) is 11.6. The predicted octanol–water partition coefficient (Wildman–Crippen LogP) is 1.70. The van der Waals surface area contributed by atoms with Gasteiger partial charge in [0.15, 0.2) is 11.5 Å². The number of anilines is 1. The fourth-order valence-corrected chi connectivity index (χ4v) is 2.60. The summed E-state index contributed by atoms with van der Waals surface area (Å²) in [5, 5.41) is 19.7. The maximum absolute atomic E-state index is 12.1. The lowest BCUT2D eigenvalue weighted by Crippen LogP contribution is -2.25. The highest BCUT2D eigenvalue weighted by Gasteiger charge is 2.15. The van der Waals surface area contributed by atoms with Gasteiger partial charge in [0.2, 0.25) is 0 Å². The third kappa shape index (κ3) is 3.68. The normalized spacial score (nSPS) is 13.8. The third-order valence-electron chi connectivity index (χ3n) is 3.97. The average Bonchev–Trinajstić information content (AvgIpc) is 3.15. The number of rotatable bonds is 5. The van der Waals surface area contributed by atoms with Gasteiger partial charge in [-0.3, -0.25) is 4.79 Å². The smallest absolute Gasteiger partial charge is 0.335 e. The van der Waals surface area contributed by atoms with Gasteiger partial charge in [0.05, 0.1) is 5.56 Å². The van der Waals surface area contributed by atoms with Crippen LogP contribution in [0.25, 0.3) is 0 Å². The van der Waals surface area contributed by atoms with Gasteiger partial charge >= 0.3 is 5.97 Å². The average molecular weight is 326 g/mol. The zero-order valence-electron chi connectivity index (χ0n) is 13.1. The summed E-state index contributed by atoms with van der Waals surface area (Å²) in [5.74, 6) is -0.481. The maximum atomic E-state index is 12.1. The van der Waals surface area contributed by atoms with Gasteiger partial charge in [0.25, 0.3) is 5.91 Å². The molecule has 2 N–H and O–H groups in total. The summed E-state index contributed by atoms with van der Waals surface area (Å²) in [4.78, 5) is 25.1. The topological polar surface area (TPSA) is 95.4 Å². The van der Waals surface area contributed by atoms with Crippen molar-refractivity contribution in [1.82, 2.24) is 15.5 Å².